The molecule has 3 aromatic rings. The molecule has 0 radical (unpaired) electrons. The smallest absolute Gasteiger partial charge is 0.243 e. The molecule has 1 aliphatic heterocycles. The van der Waals surface area contributed by atoms with Crippen LogP contribution < -0.4 is 5.32 Å². The minimum absolute atomic E-state index is 0.0113. The van der Waals surface area contributed by atoms with Gasteiger partial charge >= 0.3 is 0 Å². The Morgan fingerprint density at radius 1 is 1.03 bits per heavy atom. The highest BCUT2D eigenvalue weighted by molar-refractivity contribution is 7.89. The lowest BCUT2D eigenvalue weighted by atomic mass is 9.95. The van der Waals surface area contributed by atoms with E-state index in [1.54, 1.807) is 41.7 Å². The Balaban J connectivity index is 1.43. The second-order valence-electron chi connectivity index (χ2n) is 8.44. The number of nitrogens with zero attached hydrogens (tertiary/aromatic N) is 1. The number of aryl methyl sites for hydroxylation is 1. The fourth-order valence-electron chi connectivity index (χ4n) is 4.30. The molecule has 1 atom stereocenters. The Labute approximate surface area is 200 Å². The molecule has 0 spiro atoms. The molecule has 174 valence electrons. The van der Waals surface area contributed by atoms with Crippen LogP contribution in [0.2, 0.25) is 0 Å². The van der Waals surface area contributed by atoms with Gasteiger partial charge in [0, 0.05) is 23.9 Å². The van der Waals surface area contributed by atoms with E-state index >= 15 is 0 Å². The van der Waals surface area contributed by atoms with Crippen molar-refractivity contribution in [3.8, 4) is 0 Å². The average molecular weight is 483 g/mol. The Kier molecular flexibility index (Phi) is 7.63. The van der Waals surface area contributed by atoms with E-state index in [0.29, 0.717) is 30.8 Å². The molecule has 2 heterocycles. The summed E-state index contributed by atoms with van der Waals surface area (Å²) in [7, 11) is -3.52. The van der Waals surface area contributed by atoms with Gasteiger partial charge in [0.1, 0.15) is 0 Å². The Hall–Kier alpha value is -2.48. The van der Waals surface area contributed by atoms with Crippen LogP contribution in [0.5, 0.6) is 0 Å². The third kappa shape index (κ3) is 5.54. The molecule has 5 nitrogen and oxygen atoms in total. The normalized spacial score (nSPS) is 16.4. The van der Waals surface area contributed by atoms with E-state index in [0.717, 1.165) is 23.3 Å². The Morgan fingerprint density at radius 3 is 2.33 bits per heavy atom. The van der Waals surface area contributed by atoms with Crippen molar-refractivity contribution in [1.29, 1.82) is 0 Å². The summed E-state index contributed by atoms with van der Waals surface area (Å²) in [4.78, 5) is 14.6. The summed E-state index contributed by atoms with van der Waals surface area (Å²) in [6.07, 6.45) is 3.18. The van der Waals surface area contributed by atoms with Crippen molar-refractivity contribution in [1.82, 2.24) is 9.62 Å². The number of carbonyl (C=O) groups is 1. The predicted molar refractivity (Wildman–Crippen MR) is 133 cm³/mol. The fourth-order valence-corrected chi connectivity index (χ4v) is 6.59. The van der Waals surface area contributed by atoms with Crippen molar-refractivity contribution >= 4 is 27.3 Å². The second kappa shape index (κ2) is 10.6. The van der Waals surface area contributed by atoms with E-state index in [4.69, 9.17) is 0 Å². The summed E-state index contributed by atoms with van der Waals surface area (Å²) < 4.78 is 27.3. The first kappa shape index (κ1) is 23.7. The number of hydrogen-bond acceptors (Lipinski definition) is 4. The Bertz CT molecular complexity index is 1140. The van der Waals surface area contributed by atoms with Crippen molar-refractivity contribution in [2.24, 2.45) is 5.92 Å². The van der Waals surface area contributed by atoms with Crippen molar-refractivity contribution in [2.45, 2.75) is 43.5 Å². The van der Waals surface area contributed by atoms with Gasteiger partial charge in [-0.1, -0.05) is 61.9 Å². The summed E-state index contributed by atoms with van der Waals surface area (Å²) >= 11 is 1.63. The van der Waals surface area contributed by atoms with Crippen LogP contribution in [0.4, 0.5) is 0 Å². The first-order valence-electron chi connectivity index (χ1n) is 11.5. The zero-order chi connectivity index (χ0) is 23.3. The summed E-state index contributed by atoms with van der Waals surface area (Å²) in [5.41, 5.74) is 2.36. The van der Waals surface area contributed by atoms with Crippen molar-refractivity contribution in [3.63, 3.8) is 0 Å². The molecule has 0 saturated carbocycles. The van der Waals surface area contributed by atoms with Crippen LogP contribution in [-0.2, 0) is 21.2 Å². The molecular weight excluding hydrogens is 452 g/mol. The molecule has 0 aliphatic carbocycles. The highest BCUT2D eigenvalue weighted by Crippen LogP contribution is 2.29. The molecule has 1 aromatic heterocycles. The van der Waals surface area contributed by atoms with E-state index in [1.165, 1.54) is 9.87 Å². The lowest BCUT2D eigenvalue weighted by Crippen LogP contribution is -2.43. The van der Waals surface area contributed by atoms with Gasteiger partial charge in [0.15, 0.2) is 0 Å². The van der Waals surface area contributed by atoms with E-state index in [2.05, 4.69) is 36.5 Å². The van der Waals surface area contributed by atoms with E-state index in [9.17, 15) is 13.2 Å². The van der Waals surface area contributed by atoms with Crippen LogP contribution in [-0.4, -0.2) is 31.7 Å². The zero-order valence-electron chi connectivity index (χ0n) is 18.8. The van der Waals surface area contributed by atoms with E-state index < -0.39 is 10.0 Å². The van der Waals surface area contributed by atoms with Crippen LogP contribution in [0.3, 0.4) is 0 Å². The minimum atomic E-state index is -3.52. The molecule has 33 heavy (non-hydrogen) atoms. The summed E-state index contributed by atoms with van der Waals surface area (Å²) in [5.74, 6) is -0.211. The summed E-state index contributed by atoms with van der Waals surface area (Å²) in [6, 6.07) is 20.8. The van der Waals surface area contributed by atoms with Crippen LogP contribution in [0.15, 0.2) is 77.0 Å². The van der Waals surface area contributed by atoms with Gasteiger partial charge < -0.3 is 5.32 Å². The van der Waals surface area contributed by atoms with Gasteiger partial charge in [0.05, 0.1) is 10.9 Å². The van der Waals surface area contributed by atoms with Crippen LogP contribution in [0.1, 0.15) is 48.2 Å². The fraction of sp³-hybridized carbons (Fsp3) is 0.346. The number of hydrogen-bond donors (Lipinski definition) is 1. The maximum absolute atomic E-state index is 13.2. The van der Waals surface area contributed by atoms with Crippen LogP contribution in [0.25, 0.3) is 0 Å². The van der Waals surface area contributed by atoms with Gasteiger partial charge in [-0.2, -0.15) is 4.31 Å². The molecule has 2 aromatic carbocycles. The van der Waals surface area contributed by atoms with Gasteiger partial charge in [-0.3, -0.25) is 4.79 Å². The molecule has 1 N–H and O–H groups in total. The number of rotatable bonds is 8. The molecular formula is C26H30N2O3S2. The molecule has 1 unspecified atom stereocenters. The highest BCUT2D eigenvalue weighted by atomic mass is 32.2. The summed E-state index contributed by atoms with van der Waals surface area (Å²) in [6.45, 7) is 2.87. The lowest BCUT2D eigenvalue weighted by molar-refractivity contribution is -0.126. The van der Waals surface area contributed by atoms with Crippen molar-refractivity contribution < 1.29 is 13.2 Å². The largest absolute Gasteiger partial charge is 0.344 e. The van der Waals surface area contributed by atoms with Gasteiger partial charge in [0.2, 0.25) is 15.9 Å². The Morgan fingerprint density at radius 2 is 1.73 bits per heavy atom. The number of piperidine rings is 1. The molecule has 0 bridgehead atoms. The standard InChI is InChI=1S/C26H30N2O3S2/c1-2-7-20-11-13-21(14-12-20)25(24-10-6-19-32-24)27-26(29)22-15-17-28(18-16-22)33(30,31)23-8-4-3-5-9-23/h3-6,8-14,19,22,25H,2,7,15-18H2,1H3,(H,27,29). The number of amides is 1. The average Bonchev–Trinajstić information content (AvgIpc) is 3.38. The summed E-state index contributed by atoms with van der Waals surface area (Å²) in [5, 5.41) is 5.27. The molecule has 4 rings (SSSR count). The maximum Gasteiger partial charge on any atom is 0.243 e. The van der Waals surface area contributed by atoms with Gasteiger partial charge in [0.25, 0.3) is 0 Å². The first-order valence-corrected chi connectivity index (χ1v) is 13.8. The van der Waals surface area contributed by atoms with Gasteiger partial charge in [-0.05, 0) is 54.0 Å². The third-order valence-electron chi connectivity index (χ3n) is 6.17. The van der Waals surface area contributed by atoms with Crippen LogP contribution >= 0.6 is 11.3 Å². The van der Waals surface area contributed by atoms with E-state index in [-0.39, 0.29) is 17.9 Å². The van der Waals surface area contributed by atoms with Crippen LogP contribution in [0, 0.1) is 5.92 Å². The second-order valence-corrected chi connectivity index (χ2v) is 11.4. The number of carbonyl (C=O) groups excluding carboxylic acids is 1. The van der Waals surface area contributed by atoms with Gasteiger partial charge in [-0.25, -0.2) is 8.42 Å². The zero-order valence-corrected chi connectivity index (χ0v) is 20.4. The molecule has 7 heteroatoms. The van der Waals surface area contributed by atoms with Crippen molar-refractivity contribution in [2.75, 3.05) is 13.1 Å². The highest BCUT2D eigenvalue weighted by Gasteiger charge is 2.33. The SMILES string of the molecule is CCCc1ccc(C(NC(=O)C2CCN(S(=O)(=O)c3ccccc3)CC2)c2cccs2)cc1. The third-order valence-corrected chi connectivity index (χ3v) is 9.02. The molecule has 1 fully saturated rings. The quantitative estimate of drug-likeness (QED) is 0.491. The molecule has 1 saturated heterocycles. The lowest BCUT2D eigenvalue weighted by Gasteiger charge is -2.31. The molecule has 1 aliphatic rings. The maximum atomic E-state index is 13.2. The topological polar surface area (TPSA) is 66.5 Å². The number of sulfonamides is 1. The van der Waals surface area contributed by atoms with E-state index in [1.807, 2.05) is 17.5 Å². The monoisotopic (exact) mass is 482 g/mol. The van der Waals surface area contributed by atoms with Gasteiger partial charge in [-0.15, -0.1) is 11.3 Å². The minimum Gasteiger partial charge on any atom is -0.344 e. The molecule has 1 amide bonds. The number of benzene rings is 2. The number of nitrogens with one attached hydrogen (secondary N) is 1. The number of thiophene rings is 1. The van der Waals surface area contributed by atoms with Crippen molar-refractivity contribution in [3.05, 3.63) is 88.1 Å². The first-order chi connectivity index (χ1) is 16.0. The predicted octanol–water partition coefficient (Wildman–Crippen LogP) is 5.01.